The van der Waals surface area contributed by atoms with Gasteiger partial charge in [-0.3, -0.25) is 4.79 Å². The van der Waals surface area contributed by atoms with Gasteiger partial charge in [-0.05, 0) is 51.0 Å². The van der Waals surface area contributed by atoms with Crippen LogP contribution in [-0.2, 0) is 12.1 Å². The number of carbonyl (C=O) groups is 1. The number of nitrogens with zero attached hydrogens (tertiary/aromatic N) is 1. The average molecular weight is 401 g/mol. The maximum Gasteiger partial charge on any atom is 0.258 e. The normalized spacial score (nSPS) is 18.1. The lowest BCUT2D eigenvalue weighted by Gasteiger charge is -2.47. The van der Waals surface area contributed by atoms with E-state index >= 15 is 0 Å². The van der Waals surface area contributed by atoms with E-state index in [1.807, 2.05) is 85.5 Å². The molecule has 0 fully saturated rings. The van der Waals surface area contributed by atoms with E-state index in [0.717, 1.165) is 23.4 Å². The third kappa shape index (κ3) is 3.78. The van der Waals surface area contributed by atoms with Crippen LogP contribution in [0, 0.1) is 0 Å². The topological polar surface area (TPSA) is 41.6 Å². The van der Waals surface area contributed by atoms with Gasteiger partial charge in [-0.2, -0.15) is 0 Å². The van der Waals surface area contributed by atoms with Crippen molar-refractivity contribution >= 4 is 11.6 Å². The first-order chi connectivity index (χ1) is 14.5. The Morgan fingerprint density at radius 1 is 0.933 bits per heavy atom. The first kappa shape index (κ1) is 20.0. The lowest BCUT2D eigenvalue weighted by Crippen LogP contribution is -2.56. The van der Waals surface area contributed by atoms with Gasteiger partial charge in [0.1, 0.15) is 11.4 Å². The molecule has 4 rings (SSSR count). The standard InChI is InChI=1S/C26H28N2O2/c1-19(2)30-24-16-10-8-14-22(24)26(3)27-23-15-9-7-13-21(23)25(29)28(26)18-17-20-11-5-4-6-12-20/h4-16,19,27H,17-18H2,1-3H3. The largest absolute Gasteiger partial charge is 0.491 e. The Balaban J connectivity index is 1.77. The lowest BCUT2D eigenvalue weighted by atomic mass is 9.92. The predicted octanol–water partition coefficient (Wildman–Crippen LogP) is 5.46. The summed E-state index contributed by atoms with van der Waals surface area (Å²) in [6, 6.07) is 26.0. The highest BCUT2D eigenvalue weighted by Crippen LogP contribution is 2.41. The van der Waals surface area contributed by atoms with Crippen molar-refractivity contribution in [3.63, 3.8) is 0 Å². The molecule has 154 valence electrons. The minimum absolute atomic E-state index is 0.0298. The van der Waals surface area contributed by atoms with Crippen molar-refractivity contribution in [3.8, 4) is 5.75 Å². The molecule has 30 heavy (non-hydrogen) atoms. The smallest absolute Gasteiger partial charge is 0.258 e. The summed E-state index contributed by atoms with van der Waals surface area (Å²) in [5, 5.41) is 3.65. The summed E-state index contributed by atoms with van der Waals surface area (Å²) in [6.45, 7) is 6.69. The van der Waals surface area contributed by atoms with Crippen LogP contribution >= 0.6 is 0 Å². The fraction of sp³-hybridized carbons (Fsp3) is 0.269. The number of hydrogen-bond acceptors (Lipinski definition) is 3. The van der Waals surface area contributed by atoms with Crippen LogP contribution in [0.15, 0.2) is 78.9 Å². The van der Waals surface area contributed by atoms with Crippen LogP contribution in [0.2, 0.25) is 0 Å². The van der Waals surface area contributed by atoms with E-state index in [2.05, 4.69) is 24.4 Å². The zero-order valence-electron chi connectivity index (χ0n) is 17.8. The van der Waals surface area contributed by atoms with E-state index < -0.39 is 5.66 Å². The SMILES string of the molecule is CC(C)Oc1ccccc1C1(C)Nc2ccccc2C(=O)N1CCc1ccccc1. The molecule has 0 saturated heterocycles. The molecule has 1 N–H and O–H groups in total. The Labute approximate surface area is 178 Å². The summed E-state index contributed by atoms with van der Waals surface area (Å²) in [7, 11) is 0. The summed E-state index contributed by atoms with van der Waals surface area (Å²) in [6.07, 6.45) is 0.818. The zero-order chi connectivity index (χ0) is 21.1. The second-order valence-electron chi connectivity index (χ2n) is 8.10. The number of carbonyl (C=O) groups excluding carboxylic acids is 1. The highest BCUT2D eigenvalue weighted by atomic mass is 16.5. The van der Waals surface area contributed by atoms with Gasteiger partial charge in [-0.1, -0.05) is 60.7 Å². The van der Waals surface area contributed by atoms with Gasteiger partial charge in [0.2, 0.25) is 0 Å². The third-order valence-electron chi connectivity index (χ3n) is 5.56. The van der Waals surface area contributed by atoms with Crippen LogP contribution in [-0.4, -0.2) is 23.5 Å². The Hall–Kier alpha value is -3.27. The molecule has 0 saturated carbocycles. The second-order valence-corrected chi connectivity index (χ2v) is 8.10. The molecule has 0 bridgehead atoms. The highest BCUT2D eigenvalue weighted by molar-refractivity contribution is 6.02. The van der Waals surface area contributed by atoms with Gasteiger partial charge in [-0.15, -0.1) is 0 Å². The van der Waals surface area contributed by atoms with Gasteiger partial charge >= 0.3 is 0 Å². The minimum Gasteiger partial charge on any atom is -0.491 e. The summed E-state index contributed by atoms with van der Waals surface area (Å²) in [5.41, 5.74) is 2.98. The maximum atomic E-state index is 13.6. The number of anilines is 1. The lowest BCUT2D eigenvalue weighted by molar-refractivity contribution is 0.0531. The average Bonchev–Trinajstić information content (AvgIpc) is 2.74. The molecule has 0 aromatic heterocycles. The minimum atomic E-state index is -0.730. The van der Waals surface area contributed by atoms with Crippen LogP contribution in [0.3, 0.4) is 0 Å². The molecule has 3 aromatic carbocycles. The summed E-state index contributed by atoms with van der Waals surface area (Å²) in [5.74, 6) is 0.821. The van der Waals surface area contributed by atoms with E-state index in [9.17, 15) is 4.79 Å². The molecule has 1 aliphatic rings. The number of para-hydroxylation sites is 2. The van der Waals surface area contributed by atoms with Gasteiger partial charge < -0.3 is 15.0 Å². The second kappa shape index (κ2) is 8.23. The highest BCUT2D eigenvalue weighted by Gasteiger charge is 2.43. The van der Waals surface area contributed by atoms with Crippen LogP contribution < -0.4 is 10.1 Å². The van der Waals surface area contributed by atoms with Gasteiger partial charge in [-0.25, -0.2) is 0 Å². The number of fused-ring (bicyclic) bond motifs is 1. The number of nitrogens with one attached hydrogen (secondary N) is 1. The Kier molecular flexibility index (Phi) is 5.49. The van der Waals surface area contributed by atoms with Crippen LogP contribution in [0.5, 0.6) is 5.75 Å². The fourth-order valence-electron chi connectivity index (χ4n) is 4.11. The van der Waals surface area contributed by atoms with Gasteiger partial charge in [0.05, 0.1) is 11.7 Å². The first-order valence-corrected chi connectivity index (χ1v) is 10.5. The van der Waals surface area contributed by atoms with Crippen molar-refractivity contribution in [1.82, 2.24) is 4.90 Å². The number of rotatable bonds is 6. The van der Waals surface area contributed by atoms with Crippen molar-refractivity contribution < 1.29 is 9.53 Å². The van der Waals surface area contributed by atoms with E-state index in [1.54, 1.807) is 0 Å². The molecule has 4 nitrogen and oxygen atoms in total. The number of hydrogen-bond donors (Lipinski definition) is 1. The molecule has 0 radical (unpaired) electrons. The first-order valence-electron chi connectivity index (χ1n) is 10.5. The number of ether oxygens (including phenoxy) is 1. The van der Waals surface area contributed by atoms with Crippen molar-refractivity contribution in [2.45, 2.75) is 39.0 Å². The molecule has 1 atom stereocenters. The van der Waals surface area contributed by atoms with Crippen molar-refractivity contribution in [2.24, 2.45) is 0 Å². The maximum absolute atomic E-state index is 13.6. The van der Waals surface area contributed by atoms with Gasteiger partial charge in [0.15, 0.2) is 0 Å². The van der Waals surface area contributed by atoms with Crippen LogP contribution in [0.4, 0.5) is 5.69 Å². The molecule has 3 aromatic rings. The van der Waals surface area contributed by atoms with Crippen molar-refractivity contribution in [3.05, 3.63) is 95.6 Å². The molecular weight excluding hydrogens is 372 g/mol. The van der Waals surface area contributed by atoms with Gasteiger partial charge in [0.25, 0.3) is 5.91 Å². The Bertz CT molecular complexity index is 1030. The molecule has 0 aliphatic carbocycles. The third-order valence-corrected chi connectivity index (χ3v) is 5.56. The Morgan fingerprint density at radius 3 is 2.37 bits per heavy atom. The Morgan fingerprint density at radius 2 is 1.60 bits per heavy atom. The summed E-state index contributed by atoms with van der Waals surface area (Å²) < 4.78 is 6.12. The van der Waals surface area contributed by atoms with E-state index in [-0.39, 0.29) is 12.0 Å². The molecule has 1 heterocycles. The monoisotopic (exact) mass is 400 g/mol. The molecule has 0 spiro atoms. The molecule has 1 amide bonds. The molecule has 1 aliphatic heterocycles. The molecule has 1 unspecified atom stereocenters. The predicted molar refractivity (Wildman–Crippen MR) is 121 cm³/mol. The van der Waals surface area contributed by atoms with E-state index in [1.165, 1.54) is 5.56 Å². The van der Waals surface area contributed by atoms with E-state index in [4.69, 9.17) is 4.74 Å². The van der Waals surface area contributed by atoms with Gasteiger partial charge in [0, 0.05) is 17.8 Å². The molecular formula is C26H28N2O2. The number of benzene rings is 3. The summed E-state index contributed by atoms with van der Waals surface area (Å²) >= 11 is 0. The number of amides is 1. The zero-order valence-corrected chi connectivity index (χ0v) is 17.8. The fourth-order valence-corrected chi connectivity index (χ4v) is 4.11. The van der Waals surface area contributed by atoms with Crippen molar-refractivity contribution in [1.29, 1.82) is 0 Å². The quantitative estimate of drug-likeness (QED) is 0.598. The summed E-state index contributed by atoms with van der Waals surface area (Å²) in [4.78, 5) is 15.5. The van der Waals surface area contributed by atoms with Crippen LogP contribution in [0.25, 0.3) is 0 Å². The van der Waals surface area contributed by atoms with Crippen molar-refractivity contribution in [2.75, 3.05) is 11.9 Å². The van der Waals surface area contributed by atoms with Crippen LogP contribution in [0.1, 0.15) is 42.3 Å². The molecule has 4 heteroatoms. The van der Waals surface area contributed by atoms with E-state index in [0.29, 0.717) is 12.1 Å².